The molecule has 0 saturated heterocycles. The maximum absolute atomic E-state index is 5.71. The topological polar surface area (TPSA) is 9.23 Å². The van der Waals surface area contributed by atoms with Crippen LogP contribution in [0.4, 0.5) is 0 Å². The maximum Gasteiger partial charge on any atom is 0.187 e. The molecule has 0 aromatic carbocycles. The molecule has 66 valence electrons. The third kappa shape index (κ3) is 6.32. The summed E-state index contributed by atoms with van der Waals surface area (Å²) in [5.74, 6) is 0.751. The predicted octanol–water partition coefficient (Wildman–Crippen LogP) is 3.05. The maximum atomic E-state index is 5.71. The van der Waals surface area contributed by atoms with E-state index in [1.165, 1.54) is 6.04 Å². The van der Waals surface area contributed by atoms with Crippen LogP contribution in [0.2, 0.25) is 19.1 Å². The molecular weight excluding hydrogens is 152 g/mol. The molecule has 0 radical (unpaired) electrons. The summed E-state index contributed by atoms with van der Waals surface area (Å²) in [6, 6.07) is 1.24. The molecule has 0 saturated carbocycles. The Morgan fingerprint density at radius 3 is 2.36 bits per heavy atom. The van der Waals surface area contributed by atoms with Crippen LogP contribution in [0, 0.1) is 5.92 Å². The summed E-state index contributed by atoms with van der Waals surface area (Å²) in [5, 5.41) is 0. The smallest absolute Gasteiger partial charge is 0.187 e. The Morgan fingerprint density at radius 1 is 1.45 bits per heavy atom. The second kappa shape index (κ2) is 4.73. The van der Waals surface area contributed by atoms with Crippen LogP contribution >= 0.6 is 0 Å². The van der Waals surface area contributed by atoms with E-state index in [2.05, 4.69) is 33.5 Å². The first-order valence-electron chi connectivity index (χ1n) is 4.23. The Kier molecular flexibility index (Phi) is 4.69. The molecule has 0 aliphatic heterocycles. The number of hydrogen-bond donors (Lipinski definition) is 0. The van der Waals surface area contributed by atoms with Crippen molar-refractivity contribution >= 4 is 8.32 Å². The Labute approximate surface area is 71.6 Å². The zero-order chi connectivity index (χ0) is 8.91. The summed E-state index contributed by atoms with van der Waals surface area (Å²) in [5.41, 5.74) is 0. The van der Waals surface area contributed by atoms with E-state index in [0.29, 0.717) is 6.61 Å². The summed E-state index contributed by atoms with van der Waals surface area (Å²) in [6.07, 6.45) is 1.83. The first-order chi connectivity index (χ1) is 4.98. The van der Waals surface area contributed by atoms with Crippen LogP contribution in [0.25, 0.3) is 0 Å². The molecule has 11 heavy (non-hydrogen) atoms. The first-order valence-corrected chi connectivity index (χ1v) is 7.34. The SMILES string of the molecule is C=CCO[Si](C)(C)CC(C)C. The van der Waals surface area contributed by atoms with Gasteiger partial charge >= 0.3 is 0 Å². The van der Waals surface area contributed by atoms with Gasteiger partial charge in [0.15, 0.2) is 8.32 Å². The Hall–Kier alpha value is -0.0831. The van der Waals surface area contributed by atoms with Gasteiger partial charge in [0.05, 0.1) is 6.61 Å². The number of rotatable bonds is 5. The monoisotopic (exact) mass is 172 g/mol. The van der Waals surface area contributed by atoms with Crippen LogP contribution in [-0.2, 0) is 4.43 Å². The average Bonchev–Trinajstić information content (AvgIpc) is 1.81. The largest absolute Gasteiger partial charge is 0.414 e. The van der Waals surface area contributed by atoms with E-state index < -0.39 is 8.32 Å². The fourth-order valence-electron chi connectivity index (χ4n) is 1.33. The lowest BCUT2D eigenvalue weighted by molar-refractivity contribution is 0.346. The van der Waals surface area contributed by atoms with Crippen molar-refractivity contribution < 1.29 is 4.43 Å². The van der Waals surface area contributed by atoms with Crippen LogP contribution in [0.5, 0.6) is 0 Å². The van der Waals surface area contributed by atoms with Gasteiger partial charge in [-0.1, -0.05) is 19.9 Å². The molecule has 0 N–H and O–H groups in total. The summed E-state index contributed by atoms with van der Waals surface area (Å²) in [4.78, 5) is 0. The highest BCUT2D eigenvalue weighted by Crippen LogP contribution is 2.17. The van der Waals surface area contributed by atoms with E-state index >= 15 is 0 Å². The molecule has 0 heterocycles. The summed E-state index contributed by atoms with van der Waals surface area (Å²) in [6.45, 7) is 13.4. The Balaban J connectivity index is 3.69. The van der Waals surface area contributed by atoms with Crippen molar-refractivity contribution in [3.63, 3.8) is 0 Å². The van der Waals surface area contributed by atoms with Gasteiger partial charge in [-0.05, 0) is 25.1 Å². The molecule has 0 aliphatic rings. The minimum absolute atomic E-state index is 0.714. The van der Waals surface area contributed by atoms with E-state index in [1.54, 1.807) is 0 Å². The lowest BCUT2D eigenvalue weighted by Crippen LogP contribution is -2.31. The van der Waals surface area contributed by atoms with Gasteiger partial charge < -0.3 is 4.43 Å². The molecule has 0 rings (SSSR count). The third-order valence-corrected chi connectivity index (χ3v) is 4.24. The summed E-state index contributed by atoms with van der Waals surface area (Å²) in [7, 11) is -1.36. The van der Waals surface area contributed by atoms with E-state index in [0.717, 1.165) is 5.92 Å². The Bertz CT molecular complexity index is 119. The van der Waals surface area contributed by atoms with Gasteiger partial charge in [-0.2, -0.15) is 0 Å². The minimum atomic E-state index is -1.36. The van der Waals surface area contributed by atoms with Crippen molar-refractivity contribution in [3.8, 4) is 0 Å². The lowest BCUT2D eigenvalue weighted by Gasteiger charge is -2.23. The van der Waals surface area contributed by atoms with Gasteiger partial charge in [-0.15, -0.1) is 6.58 Å². The molecule has 0 aromatic heterocycles. The zero-order valence-corrected chi connectivity index (χ0v) is 9.18. The van der Waals surface area contributed by atoms with Gasteiger partial charge in [0, 0.05) is 0 Å². The predicted molar refractivity (Wildman–Crippen MR) is 53.3 cm³/mol. The normalized spacial score (nSPS) is 12.1. The molecule has 0 aromatic rings. The highest BCUT2D eigenvalue weighted by molar-refractivity contribution is 6.71. The molecule has 0 atom stereocenters. The Morgan fingerprint density at radius 2 is 2.00 bits per heavy atom. The second-order valence-corrected chi connectivity index (χ2v) is 8.17. The van der Waals surface area contributed by atoms with Crippen molar-refractivity contribution in [1.29, 1.82) is 0 Å². The number of hydrogen-bond acceptors (Lipinski definition) is 1. The molecule has 0 spiro atoms. The van der Waals surface area contributed by atoms with Crippen LogP contribution < -0.4 is 0 Å². The van der Waals surface area contributed by atoms with E-state index in [-0.39, 0.29) is 0 Å². The minimum Gasteiger partial charge on any atom is -0.414 e. The molecular formula is C9H20OSi. The van der Waals surface area contributed by atoms with Crippen molar-refractivity contribution in [2.24, 2.45) is 5.92 Å². The van der Waals surface area contributed by atoms with E-state index in [9.17, 15) is 0 Å². The van der Waals surface area contributed by atoms with Gasteiger partial charge in [-0.25, -0.2) is 0 Å². The quantitative estimate of drug-likeness (QED) is 0.457. The molecule has 1 nitrogen and oxygen atoms in total. The van der Waals surface area contributed by atoms with E-state index in [1.807, 2.05) is 6.08 Å². The second-order valence-electron chi connectivity index (χ2n) is 3.96. The van der Waals surface area contributed by atoms with Crippen molar-refractivity contribution in [3.05, 3.63) is 12.7 Å². The van der Waals surface area contributed by atoms with Gasteiger partial charge in [0.25, 0.3) is 0 Å². The van der Waals surface area contributed by atoms with Crippen LogP contribution in [-0.4, -0.2) is 14.9 Å². The molecule has 0 unspecified atom stereocenters. The standard InChI is InChI=1S/C9H20OSi/c1-6-7-10-11(4,5)8-9(2)3/h6,9H,1,7-8H2,2-5H3. The van der Waals surface area contributed by atoms with E-state index in [4.69, 9.17) is 4.43 Å². The van der Waals surface area contributed by atoms with Gasteiger partial charge in [0.2, 0.25) is 0 Å². The van der Waals surface area contributed by atoms with Crippen LogP contribution in [0.15, 0.2) is 12.7 Å². The van der Waals surface area contributed by atoms with Crippen molar-refractivity contribution in [1.82, 2.24) is 0 Å². The van der Waals surface area contributed by atoms with Gasteiger partial charge in [-0.3, -0.25) is 0 Å². The lowest BCUT2D eigenvalue weighted by atomic mass is 10.3. The molecule has 0 aliphatic carbocycles. The zero-order valence-electron chi connectivity index (χ0n) is 8.18. The van der Waals surface area contributed by atoms with Crippen LogP contribution in [0.1, 0.15) is 13.8 Å². The fourth-order valence-corrected chi connectivity index (χ4v) is 3.98. The fraction of sp³-hybridized carbons (Fsp3) is 0.778. The summed E-state index contributed by atoms with van der Waals surface area (Å²) < 4.78 is 5.71. The van der Waals surface area contributed by atoms with Gasteiger partial charge in [0.1, 0.15) is 0 Å². The third-order valence-electron chi connectivity index (χ3n) is 1.49. The van der Waals surface area contributed by atoms with Crippen molar-refractivity contribution in [2.75, 3.05) is 6.61 Å². The van der Waals surface area contributed by atoms with Crippen LogP contribution in [0.3, 0.4) is 0 Å². The molecule has 0 amide bonds. The first kappa shape index (κ1) is 10.9. The highest BCUT2D eigenvalue weighted by Gasteiger charge is 2.22. The summed E-state index contributed by atoms with van der Waals surface area (Å²) >= 11 is 0. The highest BCUT2D eigenvalue weighted by atomic mass is 28.4. The molecule has 2 heteroatoms. The molecule has 0 fully saturated rings. The molecule has 0 bridgehead atoms. The average molecular weight is 172 g/mol. The van der Waals surface area contributed by atoms with Crippen molar-refractivity contribution in [2.45, 2.75) is 33.0 Å².